The summed E-state index contributed by atoms with van der Waals surface area (Å²) in [6.07, 6.45) is 5.33. The molecule has 1 aromatic rings. The van der Waals surface area contributed by atoms with Crippen LogP contribution < -0.4 is 16.0 Å². The fourth-order valence-corrected chi connectivity index (χ4v) is 3.62. The van der Waals surface area contributed by atoms with Crippen molar-refractivity contribution in [1.82, 2.24) is 20.9 Å². The fourth-order valence-electron chi connectivity index (χ4n) is 3.62. The number of carbonyl (C=O) groups excluding carboxylic acids is 2. The van der Waals surface area contributed by atoms with Crippen molar-refractivity contribution >= 4 is 11.8 Å². The fraction of sp³-hybridized carbons (Fsp3) is 0.500. The molecule has 174 valence electrons. The number of carbonyl (C=O) groups is 2. The zero-order valence-corrected chi connectivity index (χ0v) is 19.1. The van der Waals surface area contributed by atoms with Crippen molar-refractivity contribution in [3.63, 3.8) is 0 Å². The standard InChI is InChI=1S/C24H34N4O4/c1-25-24(30)21-14-18(13-19(27-21)12-17-8-5-4-6-9-17)23(29)26-11-7-10-22-31-15-20(16-32-22)28(2)3/h4-6,8-9,13-14,20-22,27H,7,10-12,15-16H2,1-3H3,(H,25,30)(H,26,29). The number of nitrogens with zero attached hydrogens (tertiary/aromatic N) is 1. The Morgan fingerprint density at radius 3 is 2.53 bits per heavy atom. The van der Waals surface area contributed by atoms with Gasteiger partial charge in [0.15, 0.2) is 6.29 Å². The maximum atomic E-state index is 12.8. The first-order chi connectivity index (χ1) is 15.5. The van der Waals surface area contributed by atoms with Crippen LogP contribution in [0, 0.1) is 0 Å². The van der Waals surface area contributed by atoms with Crippen molar-refractivity contribution in [2.75, 3.05) is 40.9 Å². The number of likely N-dealkylation sites (N-methyl/N-ethyl adjacent to an activating group) is 2. The monoisotopic (exact) mass is 442 g/mol. The Morgan fingerprint density at radius 1 is 1.16 bits per heavy atom. The summed E-state index contributed by atoms with van der Waals surface area (Å²) >= 11 is 0. The minimum absolute atomic E-state index is 0.184. The number of dihydropyridines is 1. The van der Waals surface area contributed by atoms with Gasteiger partial charge in [0.1, 0.15) is 6.04 Å². The van der Waals surface area contributed by atoms with E-state index in [1.807, 2.05) is 50.5 Å². The first-order valence-electron chi connectivity index (χ1n) is 11.1. The van der Waals surface area contributed by atoms with Gasteiger partial charge in [0.2, 0.25) is 5.91 Å². The number of rotatable bonds is 9. The zero-order chi connectivity index (χ0) is 22.9. The highest BCUT2D eigenvalue weighted by Gasteiger charge is 2.24. The smallest absolute Gasteiger partial charge is 0.251 e. The van der Waals surface area contributed by atoms with Gasteiger partial charge in [-0.3, -0.25) is 9.59 Å². The molecule has 1 atom stereocenters. The molecular weight excluding hydrogens is 408 g/mol. The van der Waals surface area contributed by atoms with Gasteiger partial charge in [-0.2, -0.15) is 0 Å². The van der Waals surface area contributed by atoms with Crippen LogP contribution in [-0.4, -0.2) is 76.0 Å². The van der Waals surface area contributed by atoms with E-state index < -0.39 is 6.04 Å². The van der Waals surface area contributed by atoms with Crippen molar-refractivity contribution in [3.05, 3.63) is 59.3 Å². The van der Waals surface area contributed by atoms with Gasteiger partial charge in [0.05, 0.1) is 19.3 Å². The van der Waals surface area contributed by atoms with E-state index in [1.165, 1.54) is 0 Å². The minimum Gasteiger partial charge on any atom is -0.374 e. The lowest BCUT2D eigenvalue weighted by Crippen LogP contribution is -2.44. The van der Waals surface area contributed by atoms with Crippen LogP contribution in [0.1, 0.15) is 18.4 Å². The average Bonchev–Trinajstić information content (AvgIpc) is 2.82. The summed E-state index contributed by atoms with van der Waals surface area (Å²) in [6.45, 7) is 1.82. The summed E-state index contributed by atoms with van der Waals surface area (Å²) in [5.41, 5.74) is 2.42. The van der Waals surface area contributed by atoms with Crippen molar-refractivity contribution in [1.29, 1.82) is 0 Å². The van der Waals surface area contributed by atoms with Gasteiger partial charge in [-0.15, -0.1) is 0 Å². The van der Waals surface area contributed by atoms with E-state index >= 15 is 0 Å². The summed E-state index contributed by atoms with van der Waals surface area (Å²) in [5, 5.41) is 8.81. The molecule has 0 bridgehead atoms. The van der Waals surface area contributed by atoms with Crippen LogP contribution in [-0.2, 0) is 25.5 Å². The maximum absolute atomic E-state index is 12.8. The van der Waals surface area contributed by atoms with Gasteiger partial charge in [-0.1, -0.05) is 30.3 Å². The predicted octanol–water partition coefficient (Wildman–Crippen LogP) is 0.957. The van der Waals surface area contributed by atoms with Gasteiger partial charge < -0.3 is 30.3 Å². The first kappa shape index (κ1) is 24.0. The van der Waals surface area contributed by atoms with E-state index in [2.05, 4.69) is 20.9 Å². The molecule has 32 heavy (non-hydrogen) atoms. The second kappa shape index (κ2) is 11.8. The van der Waals surface area contributed by atoms with E-state index in [4.69, 9.17) is 9.47 Å². The van der Waals surface area contributed by atoms with Crippen LogP contribution in [0.25, 0.3) is 0 Å². The normalized spacial score (nSPS) is 23.1. The van der Waals surface area contributed by atoms with Crippen LogP contribution in [0.15, 0.2) is 53.8 Å². The van der Waals surface area contributed by atoms with Gasteiger partial charge in [-0.05, 0) is 38.2 Å². The highest BCUT2D eigenvalue weighted by molar-refractivity contribution is 5.98. The van der Waals surface area contributed by atoms with Crippen LogP contribution >= 0.6 is 0 Å². The first-order valence-corrected chi connectivity index (χ1v) is 11.1. The molecule has 0 aliphatic carbocycles. The lowest BCUT2D eigenvalue weighted by molar-refractivity contribution is -0.203. The van der Waals surface area contributed by atoms with Crippen molar-refractivity contribution in [3.8, 4) is 0 Å². The van der Waals surface area contributed by atoms with E-state index in [-0.39, 0.29) is 24.1 Å². The summed E-state index contributed by atoms with van der Waals surface area (Å²) < 4.78 is 11.5. The maximum Gasteiger partial charge on any atom is 0.251 e. The molecule has 1 aromatic carbocycles. The third-order valence-corrected chi connectivity index (χ3v) is 5.63. The predicted molar refractivity (Wildman–Crippen MR) is 123 cm³/mol. The van der Waals surface area contributed by atoms with Gasteiger partial charge >= 0.3 is 0 Å². The molecule has 2 amide bonds. The van der Waals surface area contributed by atoms with Crippen LogP contribution in [0.2, 0.25) is 0 Å². The van der Waals surface area contributed by atoms with E-state index in [0.29, 0.717) is 31.8 Å². The molecule has 0 aromatic heterocycles. The molecule has 8 nitrogen and oxygen atoms in total. The lowest BCUT2D eigenvalue weighted by Gasteiger charge is -2.33. The Morgan fingerprint density at radius 2 is 1.88 bits per heavy atom. The Labute approximate surface area is 190 Å². The molecule has 0 spiro atoms. The second-order valence-electron chi connectivity index (χ2n) is 8.30. The van der Waals surface area contributed by atoms with E-state index in [9.17, 15) is 9.59 Å². The molecule has 1 unspecified atom stereocenters. The molecule has 2 aliphatic rings. The minimum atomic E-state index is -0.585. The number of hydrogen-bond donors (Lipinski definition) is 3. The molecule has 2 aliphatic heterocycles. The summed E-state index contributed by atoms with van der Waals surface area (Å²) in [5.74, 6) is -0.374. The number of amides is 2. The molecule has 8 heteroatoms. The molecular formula is C24H34N4O4. The summed E-state index contributed by atoms with van der Waals surface area (Å²) in [4.78, 5) is 27.1. The lowest BCUT2D eigenvalue weighted by atomic mass is 10.0. The Bertz CT molecular complexity index is 830. The highest BCUT2D eigenvalue weighted by atomic mass is 16.7. The Kier molecular flexibility index (Phi) is 8.84. The van der Waals surface area contributed by atoms with E-state index in [1.54, 1.807) is 13.1 Å². The SMILES string of the molecule is CNC(=O)C1C=C(C(=O)NCCCC2OCC(N(C)C)CO2)C=C(Cc2ccccc2)N1. The third kappa shape index (κ3) is 6.91. The van der Waals surface area contributed by atoms with E-state index in [0.717, 1.165) is 24.1 Å². The number of allylic oxidation sites excluding steroid dienone is 1. The summed E-state index contributed by atoms with van der Waals surface area (Å²) in [7, 11) is 5.61. The molecule has 0 saturated carbocycles. The third-order valence-electron chi connectivity index (χ3n) is 5.63. The zero-order valence-electron chi connectivity index (χ0n) is 19.1. The van der Waals surface area contributed by atoms with Crippen LogP contribution in [0.4, 0.5) is 0 Å². The quantitative estimate of drug-likeness (QED) is 0.494. The van der Waals surface area contributed by atoms with Crippen molar-refractivity contribution in [2.24, 2.45) is 0 Å². The van der Waals surface area contributed by atoms with Crippen molar-refractivity contribution < 1.29 is 19.1 Å². The van der Waals surface area contributed by atoms with Gasteiger partial charge in [0.25, 0.3) is 5.91 Å². The Balaban J connectivity index is 1.51. The topological polar surface area (TPSA) is 91.9 Å². The number of ether oxygens (including phenoxy) is 2. The number of nitrogens with one attached hydrogen (secondary N) is 3. The average molecular weight is 443 g/mol. The van der Waals surface area contributed by atoms with Crippen molar-refractivity contribution in [2.45, 2.75) is 37.6 Å². The number of hydrogen-bond acceptors (Lipinski definition) is 6. The van der Waals surface area contributed by atoms with Gasteiger partial charge in [-0.25, -0.2) is 0 Å². The Hall–Kier alpha value is -2.68. The summed E-state index contributed by atoms with van der Waals surface area (Å²) in [6, 6.07) is 9.64. The molecule has 1 fully saturated rings. The number of benzene rings is 1. The molecule has 3 rings (SSSR count). The molecule has 2 heterocycles. The second-order valence-corrected chi connectivity index (χ2v) is 8.30. The molecule has 3 N–H and O–H groups in total. The largest absolute Gasteiger partial charge is 0.374 e. The van der Waals surface area contributed by atoms with Gasteiger partial charge in [0, 0.05) is 37.7 Å². The molecule has 1 saturated heterocycles. The van der Waals surface area contributed by atoms with Crippen LogP contribution in [0.3, 0.4) is 0 Å². The highest BCUT2D eigenvalue weighted by Crippen LogP contribution is 2.16. The van der Waals surface area contributed by atoms with Crippen LogP contribution in [0.5, 0.6) is 0 Å². The molecule has 0 radical (unpaired) electrons.